The molecular weight excluding hydrogens is 430 g/mol. The quantitative estimate of drug-likeness (QED) is 0.428. The summed E-state index contributed by atoms with van der Waals surface area (Å²) in [6.07, 6.45) is 2.00. The molecule has 1 aromatic carbocycles. The van der Waals surface area contributed by atoms with E-state index in [1.54, 1.807) is 39.0 Å². The van der Waals surface area contributed by atoms with Gasteiger partial charge in [-0.2, -0.15) is 5.26 Å². The van der Waals surface area contributed by atoms with Gasteiger partial charge in [-0.3, -0.25) is 9.59 Å². The van der Waals surface area contributed by atoms with E-state index in [1.165, 1.54) is 0 Å². The summed E-state index contributed by atoms with van der Waals surface area (Å²) in [6.45, 7) is 5.06. The van der Waals surface area contributed by atoms with Crippen molar-refractivity contribution in [2.24, 2.45) is 17.3 Å². The van der Waals surface area contributed by atoms with Crippen molar-refractivity contribution >= 4 is 17.9 Å². The van der Waals surface area contributed by atoms with Crippen LogP contribution in [-0.2, 0) is 35.0 Å². The normalized spacial score (nSPS) is 23.2. The molecule has 1 aliphatic carbocycles. The summed E-state index contributed by atoms with van der Waals surface area (Å²) in [7, 11) is 0. The molecule has 33 heavy (non-hydrogen) atoms. The van der Waals surface area contributed by atoms with Crippen LogP contribution in [0.15, 0.2) is 29.8 Å². The monoisotopic (exact) mass is 457 g/mol. The van der Waals surface area contributed by atoms with Gasteiger partial charge in [0.05, 0.1) is 25.9 Å². The van der Waals surface area contributed by atoms with Crippen molar-refractivity contribution in [3.05, 3.63) is 35.4 Å². The average Bonchev–Trinajstić information content (AvgIpc) is 3.27. The first-order chi connectivity index (χ1) is 15.9. The summed E-state index contributed by atoms with van der Waals surface area (Å²) in [6, 6.07) is 7.40. The number of carbonyl (C=O) groups excluding carboxylic acids is 3. The van der Waals surface area contributed by atoms with E-state index in [2.05, 4.69) is 6.07 Å². The largest absolute Gasteiger partial charge is 0.465 e. The molecule has 176 valence electrons. The molecule has 0 aromatic heterocycles. The minimum Gasteiger partial charge on any atom is -0.465 e. The topological polar surface area (TPSA) is 121 Å². The van der Waals surface area contributed by atoms with E-state index >= 15 is 0 Å². The van der Waals surface area contributed by atoms with Crippen molar-refractivity contribution in [1.82, 2.24) is 0 Å². The minimum absolute atomic E-state index is 0.00695. The molecule has 9 heteroatoms. The molecule has 0 spiro atoms. The highest BCUT2D eigenvalue weighted by molar-refractivity contribution is 6.00. The zero-order valence-electron chi connectivity index (χ0n) is 18.9. The Balaban J connectivity index is 2.10. The summed E-state index contributed by atoms with van der Waals surface area (Å²) < 4.78 is 26.4. The fraction of sp³-hybridized carbons (Fsp3) is 0.500. The summed E-state index contributed by atoms with van der Waals surface area (Å²) in [5, 5.41) is 10.4. The van der Waals surface area contributed by atoms with Crippen molar-refractivity contribution in [2.45, 2.75) is 33.6 Å². The number of allylic oxidation sites excluding steroid dienone is 1. The van der Waals surface area contributed by atoms with Crippen LogP contribution >= 0.6 is 0 Å². The number of nitrogens with zero attached hydrogens (tertiary/aromatic N) is 1. The van der Waals surface area contributed by atoms with E-state index in [4.69, 9.17) is 23.7 Å². The fourth-order valence-corrected chi connectivity index (χ4v) is 4.34. The highest BCUT2D eigenvalue weighted by Gasteiger charge is 2.61. The molecule has 0 fully saturated rings. The summed E-state index contributed by atoms with van der Waals surface area (Å²) in [4.78, 5) is 39.1. The van der Waals surface area contributed by atoms with Crippen molar-refractivity contribution in [1.29, 1.82) is 5.26 Å². The van der Waals surface area contributed by atoms with Crippen LogP contribution in [0, 0.1) is 28.6 Å². The third-order valence-electron chi connectivity index (χ3n) is 5.78. The summed E-state index contributed by atoms with van der Waals surface area (Å²) >= 11 is 0. The van der Waals surface area contributed by atoms with Crippen LogP contribution in [0.5, 0.6) is 11.5 Å². The Labute approximate surface area is 192 Å². The number of ether oxygens (including phenoxy) is 5. The fourth-order valence-electron chi connectivity index (χ4n) is 4.34. The number of rotatable bonds is 8. The Hall–Kier alpha value is -3.54. The molecule has 1 aromatic rings. The Morgan fingerprint density at radius 3 is 2.42 bits per heavy atom. The van der Waals surface area contributed by atoms with Gasteiger partial charge >= 0.3 is 17.9 Å². The number of fused-ring (bicyclic) bond motifs is 1. The third-order valence-corrected chi connectivity index (χ3v) is 5.78. The van der Waals surface area contributed by atoms with Gasteiger partial charge in [0.25, 0.3) is 0 Å². The van der Waals surface area contributed by atoms with Crippen molar-refractivity contribution in [2.75, 3.05) is 26.6 Å². The van der Waals surface area contributed by atoms with Crippen LogP contribution in [0.25, 0.3) is 0 Å². The van der Waals surface area contributed by atoms with E-state index in [9.17, 15) is 19.6 Å². The van der Waals surface area contributed by atoms with Gasteiger partial charge in [-0.1, -0.05) is 12.1 Å². The molecule has 3 rings (SSSR count). The molecule has 0 bridgehead atoms. The predicted molar refractivity (Wildman–Crippen MR) is 114 cm³/mol. The Kier molecular flexibility index (Phi) is 7.59. The Bertz CT molecular complexity index is 995. The predicted octanol–water partition coefficient (Wildman–Crippen LogP) is 2.72. The molecular formula is C24H27NO8. The van der Waals surface area contributed by atoms with E-state index in [0.717, 1.165) is 5.56 Å². The van der Waals surface area contributed by atoms with Crippen molar-refractivity contribution in [3.63, 3.8) is 0 Å². The van der Waals surface area contributed by atoms with Gasteiger partial charge in [-0.05, 0) is 57.2 Å². The maximum Gasteiger partial charge on any atom is 0.334 e. The summed E-state index contributed by atoms with van der Waals surface area (Å²) in [5.74, 6) is -3.46. The lowest BCUT2D eigenvalue weighted by Crippen LogP contribution is -2.53. The lowest BCUT2D eigenvalue weighted by molar-refractivity contribution is -0.169. The highest BCUT2D eigenvalue weighted by atomic mass is 16.7. The van der Waals surface area contributed by atoms with Gasteiger partial charge in [0, 0.05) is 5.57 Å². The number of nitriles is 1. The first-order valence-electron chi connectivity index (χ1n) is 10.9. The van der Waals surface area contributed by atoms with Gasteiger partial charge in [0.1, 0.15) is 5.92 Å². The third kappa shape index (κ3) is 4.51. The lowest BCUT2D eigenvalue weighted by atomic mass is 9.59. The zero-order chi connectivity index (χ0) is 24.0. The molecule has 0 saturated carbocycles. The number of hydrogen-bond acceptors (Lipinski definition) is 9. The minimum atomic E-state index is -1.98. The van der Waals surface area contributed by atoms with Crippen molar-refractivity contribution in [3.8, 4) is 17.6 Å². The van der Waals surface area contributed by atoms with Crippen LogP contribution in [0.3, 0.4) is 0 Å². The van der Waals surface area contributed by atoms with Gasteiger partial charge in [-0.15, -0.1) is 0 Å². The van der Waals surface area contributed by atoms with Crippen LogP contribution in [0.2, 0.25) is 0 Å². The summed E-state index contributed by atoms with van der Waals surface area (Å²) in [5.41, 5.74) is -1.26. The van der Waals surface area contributed by atoms with Gasteiger partial charge < -0.3 is 23.7 Å². The Morgan fingerprint density at radius 2 is 1.76 bits per heavy atom. The van der Waals surface area contributed by atoms with Crippen molar-refractivity contribution < 1.29 is 38.1 Å². The molecule has 1 heterocycles. The maximum absolute atomic E-state index is 13.3. The first-order valence-corrected chi connectivity index (χ1v) is 10.9. The van der Waals surface area contributed by atoms with Crippen LogP contribution < -0.4 is 9.47 Å². The van der Waals surface area contributed by atoms with Crippen LogP contribution in [0.4, 0.5) is 0 Å². The number of benzene rings is 1. The van der Waals surface area contributed by atoms with Gasteiger partial charge in [0.2, 0.25) is 6.79 Å². The highest BCUT2D eigenvalue weighted by Crippen LogP contribution is 2.49. The molecule has 3 atom stereocenters. The van der Waals surface area contributed by atoms with Gasteiger partial charge in [0.15, 0.2) is 16.9 Å². The second-order valence-electron chi connectivity index (χ2n) is 7.59. The maximum atomic E-state index is 13.3. The van der Waals surface area contributed by atoms with E-state index in [-0.39, 0.29) is 45.0 Å². The molecule has 0 unspecified atom stereocenters. The average molecular weight is 457 g/mol. The SMILES string of the molecule is CCOC(=O)C1=CC[C@H](Cc2ccc3c(c2)OCO3)[C@@](C#N)(C(=O)OCC)[C@@H]1C(=O)OCC. The second-order valence-corrected chi connectivity index (χ2v) is 7.59. The zero-order valence-corrected chi connectivity index (χ0v) is 18.9. The lowest BCUT2D eigenvalue weighted by Gasteiger charge is -2.41. The van der Waals surface area contributed by atoms with Gasteiger partial charge in [-0.25, -0.2) is 4.79 Å². The van der Waals surface area contributed by atoms with E-state index in [1.807, 2.05) is 6.07 Å². The molecule has 2 aliphatic rings. The van der Waals surface area contributed by atoms with Crippen LogP contribution in [-0.4, -0.2) is 44.5 Å². The van der Waals surface area contributed by atoms with E-state index < -0.39 is 35.2 Å². The van der Waals surface area contributed by atoms with E-state index in [0.29, 0.717) is 11.5 Å². The number of esters is 3. The molecule has 0 amide bonds. The number of carbonyl (C=O) groups is 3. The molecule has 1 aliphatic heterocycles. The molecule has 0 saturated heterocycles. The standard InChI is InChI=1S/C24H27NO8/c1-4-29-21(26)17-9-8-16(11-15-7-10-18-19(12-15)33-14-32-18)24(13-25,23(28)31-6-3)20(17)22(27)30-5-2/h7,9-10,12,16,20H,4-6,8,11,14H2,1-3H3/t16-,20+,24-/m1/s1. The number of hydrogen-bond donors (Lipinski definition) is 0. The van der Waals surface area contributed by atoms with Crippen LogP contribution in [0.1, 0.15) is 32.8 Å². The molecule has 0 radical (unpaired) electrons. The molecule has 9 nitrogen and oxygen atoms in total. The Morgan fingerprint density at radius 1 is 1.06 bits per heavy atom. The first kappa shape index (κ1) is 24.1. The molecule has 0 N–H and O–H groups in total. The second kappa shape index (κ2) is 10.4. The smallest absolute Gasteiger partial charge is 0.334 e.